The van der Waals surface area contributed by atoms with Crippen LogP contribution < -0.4 is 15.1 Å². The van der Waals surface area contributed by atoms with Crippen LogP contribution in [-0.4, -0.2) is 110 Å². The van der Waals surface area contributed by atoms with Crippen LogP contribution in [0.5, 0.6) is 11.5 Å². The highest BCUT2D eigenvalue weighted by atomic mass is 35.5. The number of aryl methyl sites for hydroxylation is 2. The number of hydrogen-bond acceptors (Lipinski definition) is 11. The van der Waals surface area contributed by atoms with Gasteiger partial charge in [0.25, 0.3) is 0 Å². The van der Waals surface area contributed by atoms with Gasteiger partial charge in [0.2, 0.25) is 6.29 Å². The molecule has 3 aromatic rings. The first kappa shape index (κ1) is 32.3. The van der Waals surface area contributed by atoms with Crippen molar-refractivity contribution in [3.63, 3.8) is 0 Å². The summed E-state index contributed by atoms with van der Waals surface area (Å²) in [6.07, 6.45) is -4.61. The fourth-order valence-electron chi connectivity index (χ4n) is 5.69. The second-order valence-electron chi connectivity index (χ2n) is 11.9. The molecule has 44 heavy (non-hydrogen) atoms. The lowest BCUT2D eigenvalue weighted by atomic mass is 9.89. The Kier molecular flexibility index (Phi) is 9.59. The maximum absolute atomic E-state index is 12.9. The molecule has 4 heterocycles. The van der Waals surface area contributed by atoms with E-state index in [1.807, 2.05) is 6.92 Å². The molecule has 0 saturated carbocycles. The molecule has 2 aromatic heterocycles. The number of aliphatic hydroxyl groups is 1. The van der Waals surface area contributed by atoms with Gasteiger partial charge < -0.3 is 43.1 Å². The normalized spacial score (nSPS) is 24.4. The zero-order chi connectivity index (χ0) is 31.8. The molecular formula is C31H40ClN3O9. The smallest absolute Gasteiger partial charge is 0.359 e. The molecule has 1 aromatic carbocycles. The first-order chi connectivity index (χ1) is 20.9. The number of piperazine rings is 1. The van der Waals surface area contributed by atoms with E-state index in [2.05, 4.69) is 21.8 Å². The third kappa shape index (κ3) is 6.60. The van der Waals surface area contributed by atoms with Crippen LogP contribution in [0, 0.1) is 13.8 Å². The largest absolute Gasteiger partial charge is 0.490 e. The minimum absolute atomic E-state index is 0.135. The van der Waals surface area contributed by atoms with E-state index in [0.29, 0.717) is 24.1 Å². The Morgan fingerprint density at radius 2 is 1.89 bits per heavy atom. The molecule has 2 aliphatic heterocycles. The van der Waals surface area contributed by atoms with Gasteiger partial charge in [0.15, 0.2) is 23.0 Å². The third-order valence-electron chi connectivity index (χ3n) is 8.23. The summed E-state index contributed by atoms with van der Waals surface area (Å²) in [5.41, 5.74) is -0.0256. The highest BCUT2D eigenvalue weighted by molar-refractivity contribution is 6.32. The number of esters is 1. The number of nitrogens with one attached hydrogen (secondary N) is 1. The van der Waals surface area contributed by atoms with Gasteiger partial charge in [-0.05, 0) is 59.0 Å². The zero-order valence-corrected chi connectivity index (χ0v) is 26.6. The summed E-state index contributed by atoms with van der Waals surface area (Å²) in [6, 6.07) is 6.70. The van der Waals surface area contributed by atoms with Crippen LogP contribution in [0.4, 0.5) is 0 Å². The number of ether oxygens (including phenoxy) is 5. The number of H-pyrrole nitrogens is 1. The average Bonchev–Trinajstić information content (AvgIpc) is 3.42. The molecule has 2 fully saturated rings. The van der Waals surface area contributed by atoms with Gasteiger partial charge in [0.1, 0.15) is 29.7 Å². The summed E-state index contributed by atoms with van der Waals surface area (Å²) in [5, 5.41) is 11.7. The number of aromatic nitrogens is 1. The van der Waals surface area contributed by atoms with Crippen LogP contribution in [-0.2, 0) is 14.2 Å². The van der Waals surface area contributed by atoms with Crippen LogP contribution in [0.2, 0.25) is 5.02 Å². The number of hydrogen-bond donors (Lipinski definition) is 2. The number of benzene rings is 1. The van der Waals surface area contributed by atoms with Crippen LogP contribution >= 0.6 is 11.6 Å². The highest BCUT2D eigenvalue weighted by Crippen LogP contribution is 2.39. The predicted molar refractivity (Wildman–Crippen MR) is 163 cm³/mol. The number of rotatable bonds is 9. The van der Waals surface area contributed by atoms with Gasteiger partial charge in [-0.3, -0.25) is 4.90 Å². The van der Waals surface area contributed by atoms with Crippen molar-refractivity contribution in [2.45, 2.75) is 57.9 Å². The molecule has 13 heteroatoms. The molecule has 2 N–H and O–H groups in total. The Hall–Kier alpha value is -3.13. The first-order valence-electron chi connectivity index (χ1n) is 14.6. The predicted octanol–water partition coefficient (Wildman–Crippen LogP) is 3.13. The van der Waals surface area contributed by atoms with Crippen LogP contribution in [0.3, 0.4) is 0 Å². The highest BCUT2D eigenvalue weighted by Gasteiger charge is 2.53. The Bertz CT molecular complexity index is 1550. The monoisotopic (exact) mass is 633 g/mol. The summed E-state index contributed by atoms with van der Waals surface area (Å²) >= 11 is 6.35. The van der Waals surface area contributed by atoms with Crippen LogP contribution in [0.1, 0.15) is 35.6 Å². The minimum Gasteiger partial charge on any atom is -0.490 e. The summed E-state index contributed by atoms with van der Waals surface area (Å²) in [5.74, 6) is -0.125. The number of methoxy groups -OCH3 is 1. The van der Waals surface area contributed by atoms with Crippen molar-refractivity contribution in [1.82, 2.24) is 14.8 Å². The molecule has 0 radical (unpaired) electrons. The quantitative estimate of drug-likeness (QED) is 0.266. The lowest BCUT2D eigenvalue weighted by Crippen LogP contribution is -2.65. The Labute approximate surface area is 260 Å². The molecule has 0 spiro atoms. The number of carbonyl (C=O) groups excluding carboxylic acids is 1. The van der Waals surface area contributed by atoms with E-state index in [4.69, 9.17) is 39.7 Å². The topological polar surface area (TPSA) is 136 Å². The fourth-order valence-corrected chi connectivity index (χ4v) is 5.89. The molecule has 5 rings (SSSR count). The number of aromatic amines is 1. The fraction of sp³-hybridized carbons (Fsp3) is 0.548. The second kappa shape index (κ2) is 13.1. The van der Waals surface area contributed by atoms with Crippen molar-refractivity contribution in [3.05, 3.63) is 56.7 Å². The number of nitrogens with zero attached hydrogens (tertiary/aromatic N) is 2. The van der Waals surface area contributed by atoms with Gasteiger partial charge in [0.05, 0.1) is 11.0 Å². The van der Waals surface area contributed by atoms with Gasteiger partial charge >= 0.3 is 11.6 Å². The summed E-state index contributed by atoms with van der Waals surface area (Å²) in [7, 11) is 3.55. The maximum atomic E-state index is 12.9. The Morgan fingerprint density at radius 1 is 1.16 bits per heavy atom. The van der Waals surface area contributed by atoms with Gasteiger partial charge in [-0.15, -0.1) is 0 Å². The molecule has 2 aliphatic rings. The van der Waals surface area contributed by atoms with Crippen molar-refractivity contribution in [3.8, 4) is 11.5 Å². The maximum Gasteiger partial charge on any atom is 0.359 e. The molecule has 0 aliphatic carbocycles. The van der Waals surface area contributed by atoms with Crippen LogP contribution in [0.25, 0.3) is 11.0 Å². The molecule has 0 amide bonds. The van der Waals surface area contributed by atoms with Crippen molar-refractivity contribution < 1.29 is 38.0 Å². The Morgan fingerprint density at radius 3 is 2.55 bits per heavy atom. The number of aliphatic hydroxyl groups excluding tert-OH is 1. The standard InChI is InChI=1S/C31H40ClN3O9/c1-17-7-9-20(33-17)28(37)43-26-23(36)30(44-31(3,4)27(26)39-6)41-21-10-8-19-24(18(21)2)42-29(38)22(32)25(19)40-16-15-35-13-11-34(5)12-14-35/h7-10,23,26-27,30,33,36H,11-16H2,1-6H3/t23-,26+,27-,30-/m1/s1. The molecule has 2 saturated heterocycles. The molecular weight excluding hydrogens is 594 g/mol. The summed E-state index contributed by atoms with van der Waals surface area (Å²) in [6.45, 7) is 11.9. The average molecular weight is 634 g/mol. The van der Waals surface area contributed by atoms with Crippen LogP contribution in [0.15, 0.2) is 33.5 Å². The van der Waals surface area contributed by atoms with E-state index in [1.54, 1.807) is 45.0 Å². The SMILES string of the molecule is CO[C@@H]1[C@@H](OC(=O)c2ccc(C)[nH]2)[C@@H](O)[C@H](Oc2ccc3c(OCCN4CCN(C)CC4)c(Cl)c(=O)oc3c2C)OC1(C)C. The van der Waals surface area contributed by atoms with E-state index in [-0.39, 0.29) is 27.8 Å². The van der Waals surface area contributed by atoms with E-state index in [0.717, 1.165) is 31.9 Å². The van der Waals surface area contributed by atoms with Gasteiger partial charge in [-0.1, -0.05) is 11.6 Å². The van der Waals surface area contributed by atoms with E-state index < -0.39 is 41.8 Å². The first-order valence-corrected chi connectivity index (χ1v) is 15.0. The molecule has 240 valence electrons. The Balaban J connectivity index is 1.37. The zero-order valence-electron chi connectivity index (χ0n) is 25.8. The number of fused-ring (bicyclic) bond motifs is 1. The van der Waals surface area contributed by atoms with E-state index in [1.165, 1.54) is 7.11 Å². The number of likely N-dealkylation sites (N-methyl/N-ethyl adjacent to an activating group) is 1. The van der Waals surface area contributed by atoms with Crippen molar-refractivity contribution in [1.29, 1.82) is 0 Å². The van der Waals surface area contributed by atoms with Crippen molar-refractivity contribution in [2.24, 2.45) is 0 Å². The molecule has 0 unspecified atom stereocenters. The minimum atomic E-state index is -1.42. The van der Waals surface area contributed by atoms with E-state index in [9.17, 15) is 14.7 Å². The molecule has 4 atom stereocenters. The lowest BCUT2D eigenvalue weighted by molar-refractivity contribution is -0.305. The summed E-state index contributed by atoms with van der Waals surface area (Å²) in [4.78, 5) is 33.1. The van der Waals surface area contributed by atoms with Gasteiger partial charge in [-0.2, -0.15) is 0 Å². The third-order valence-corrected chi connectivity index (χ3v) is 8.56. The van der Waals surface area contributed by atoms with Gasteiger partial charge in [-0.25, -0.2) is 9.59 Å². The molecule has 12 nitrogen and oxygen atoms in total. The summed E-state index contributed by atoms with van der Waals surface area (Å²) < 4.78 is 35.3. The number of carbonyl (C=O) groups is 1. The molecule has 0 bridgehead atoms. The number of halogens is 1. The van der Waals surface area contributed by atoms with Crippen molar-refractivity contribution >= 4 is 28.5 Å². The lowest BCUT2D eigenvalue weighted by Gasteiger charge is -2.47. The second-order valence-corrected chi connectivity index (χ2v) is 12.2. The van der Waals surface area contributed by atoms with Crippen molar-refractivity contribution in [2.75, 3.05) is 53.5 Å². The van der Waals surface area contributed by atoms with Gasteiger partial charge in [0, 0.05) is 51.1 Å². The van der Waals surface area contributed by atoms with E-state index >= 15 is 0 Å².